The number of piperidine rings is 1. The summed E-state index contributed by atoms with van der Waals surface area (Å²) in [7, 11) is 3.11. The number of fused-ring (bicyclic) bond motifs is 6. The number of hydrogen-bond acceptors (Lipinski definition) is 12. The fraction of sp³-hybridized carbons (Fsp3) is 0.667. The van der Waals surface area contributed by atoms with Crippen molar-refractivity contribution in [3.8, 4) is 11.3 Å². The Labute approximate surface area is 438 Å². The zero-order valence-electron chi connectivity index (χ0n) is 45.3. The first kappa shape index (κ1) is 57.2. The molecule has 0 saturated carbocycles. The van der Waals surface area contributed by atoms with Gasteiger partial charge in [-0.3, -0.25) is 24.4 Å². The molecule has 3 aromatic rings. The van der Waals surface area contributed by atoms with E-state index >= 15 is 0 Å². The number of halogens is 3. The normalized spacial score (nSPS) is 23.6. The number of methoxy groups -OCH3 is 1. The third kappa shape index (κ3) is 14.3. The number of nitrogens with one attached hydrogen (secondary N) is 3. The van der Waals surface area contributed by atoms with Crippen LogP contribution in [0.4, 0.5) is 22.8 Å². The average molecular weight is 1050 g/mol. The highest BCUT2D eigenvalue weighted by atomic mass is 19.4. The van der Waals surface area contributed by atoms with Crippen molar-refractivity contribution >= 4 is 40.8 Å². The first-order chi connectivity index (χ1) is 35.3. The smallest absolute Gasteiger partial charge is 0.407 e. The number of nitrogens with zero attached hydrogens (tertiary/aromatic N) is 6. The van der Waals surface area contributed by atoms with E-state index in [-0.39, 0.29) is 69.8 Å². The fourth-order valence-corrected chi connectivity index (χ4v) is 11.0. The Balaban J connectivity index is 1.17. The highest BCUT2D eigenvalue weighted by Gasteiger charge is 2.41. The molecule has 414 valence electrons. The summed E-state index contributed by atoms with van der Waals surface area (Å²) in [6.45, 7) is 15.9. The third-order valence-corrected chi connectivity index (χ3v) is 14.5. The minimum Gasteiger partial charge on any atom is -0.464 e. The van der Waals surface area contributed by atoms with Crippen LogP contribution >= 0.6 is 0 Å². The molecule has 6 heterocycles. The Morgan fingerprint density at radius 1 is 1.00 bits per heavy atom. The predicted octanol–water partition coefficient (Wildman–Crippen LogP) is 6.95. The number of rotatable bonds is 12. The van der Waals surface area contributed by atoms with E-state index in [0.29, 0.717) is 72.3 Å². The number of hydrogen-bond donors (Lipinski definition) is 3. The standard InChI is InChI=1S/C54H78F3N9O9/c1-33(2)45(62(9)51(71)64-24-19-37(29-64)73-25-21-59-50(70)75-52(4,5)6)47(67)60-42-30-63-22-12-14-36(28-63)35-17-18-43-39(26-35)40(27-53(7,8)32-74-49(69)41-16-13-23-66(61-41)48(42)68)46(65(43)31-54(55,56)57)38-15-11-20-58-44(38)34(3)72-10/h11,15,17-18,20,26,33-34,36-37,41-42,45,61H,12-14,16,19,21-25,27-32H2,1-10H3,(H,59,70)(H,60,67)/t34-,36+,37+,41-,42-,45-/m0/s1. The number of hydrazine groups is 1. The van der Waals surface area contributed by atoms with Gasteiger partial charge in [-0.15, -0.1) is 0 Å². The van der Waals surface area contributed by atoms with Crippen LogP contribution in [0.3, 0.4) is 0 Å². The molecule has 6 bridgehead atoms. The number of benzene rings is 1. The van der Waals surface area contributed by atoms with E-state index in [2.05, 4.69) is 25.9 Å². The van der Waals surface area contributed by atoms with E-state index < -0.39 is 71.8 Å². The average Bonchev–Trinajstić information content (AvgIpc) is 3.94. The summed E-state index contributed by atoms with van der Waals surface area (Å²) in [4.78, 5) is 79.4. The molecule has 3 saturated heterocycles. The topological polar surface area (TPSA) is 189 Å². The molecular formula is C54H78F3N9O9. The number of alkyl carbamates (subject to hydrolysis) is 1. The van der Waals surface area contributed by atoms with E-state index in [1.165, 1.54) is 21.6 Å². The summed E-state index contributed by atoms with van der Waals surface area (Å²) in [5.74, 6) is -1.98. The molecule has 0 aliphatic carbocycles. The van der Waals surface area contributed by atoms with Gasteiger partial charge in [0.2, 0.25) is 5.91 Å². The second kappa shape index (κ2) is 23.8. The van der Waals surface area contributed by atoms with Crippen molar-refractivity contribution in [2.75, 3.05) is 73.2 Å². The zero-order chi connectivity index (χ0) is 54.6. The van der Waals surface area contributed by atoms with Gasteiger partial charge in [0.15, 0.2) is 0 Å². The van der Waals surface area contributed by atoms with Crippen molar-refractivity contribution in [2.24, 2.45) is 11.3 Å². The van der Waals surface area contributed by atoms with Gasteiger partial charge in [-0.25, -0.2) is 15.0 Å². The van der Waals surface area contributed by atoms with Crippen molar-refractivity contribution < 1.29 is 56.1 Å². The van der Waals surface area contributed by atoms with Crippen LogP contribution in [-0.4, -0.2) is 168 Å². The van der Waals surface area contributed by atoms with Crippen LogP contribution in [0, 0.1) is 11.3 Å². The summed E-state index contributed by atoms with van der Waals surface area (Å²) < 4.78 is 68.6. The molecule has 1 aromatic carbocycles. The molecular weight excluding hydrogens is 976 g/mol. The molecule has 3 fully saturated rings. The Kier molecular flexibility index (Phi) is 18.2. The number of alkyl halides is 3. The molecule has 21 heteroatoms. The van der Waals surface area contributed by atoms with Gasteiger partial charge in [0.05, 0.1) is 36.8 Å². The van der Waals surface area contributed by atoms with E-state index in [9.17, 15) is 37.1 Å². The molecule has 3 N–H and O–H groups in total. The molecule has 0 radical (unpaired) electrons. The summed E-state index contributed by atoms with van der Waals surface area (Å²) in [6, 6.07) is 5.81. The summed E-state index contributed by atoms with van der Waals surface area (Å²) in [5, 5.41) is 7.77. The van der Waals surface area contributed by atoms with Crippen LogP contribution in [0.15, 0.2) is 36.5 Å². The van der Waals surface area contributed by atoms with E-state index in [1.807, 2.05) is 39.8 Å². The van der Waals surface area contributed by atoms with Crippen LogP contribution in [0.25, 0.3) is 22.2 Å². The van der Waals surface area contributed by atoms with Crippen molar-refractivity contribution in [2.45, 2.75) is 148 Å². The third-order valence-electron chi connectivity index (χ3n) is 14.5. The van der Waals surface area contributed by atoms with Crippen LogP contribution in [0.2, 0.25) is 0 Å². The molecule has 0 spiro atoms. The second-order valence-corrected chi connectivity index (χ2v) is 22.8. The minimum absolute atomic E-state index is 0.0745. The number of pyridine rings is 1. The van der Waals surface area contributed by atoms with Gasteiger partial charge in [0, 0.05) is 81.5 Å². The zero-order valence-corrected chi connectivity index (χ0v) is 45.3. The molecule has 75 heavy (non-hydrogen) atoms. The summed E-state index contributed by atoms with van der Waals surface area (Å²) in [6.07, 6.45) is -1.16. The lowest BCUT2D eigenvalue weighted by atomic mass is 9.83. The fourth-order valence-electron chi connectivity index (χ4n) is 11.0. The van der Waals surface area contributed by atoms with Gasteiger partial charge >= 0.3 is 24.3 Å². The van der Waals surface area contributed by atoms with Crippen molar-refractivity contribution in [3.05, 3.63) is 53.3 Å². The van der Waals surface area contributed by atoms with Crippen LogP contribution < -0.4 is 16.1 Å². The maximum Gasteiger partial charge on any atom is 0.407 e. The molecule has 7 rings (SSSR count). The second-order valence-electron chi connectivity index (χ2n) is 22.8. The molecule has 5 amide bonds. The Bertz CT molecular complexity index is 2530. The number of cyclic esters (lactones) is 1. The summed E-state index contributed by atoms with van der Waals surface area (Å²) >= 11 is 0. The summed E-state index contributed by atoms with van der Waals surface area (Å²) in [5.41, 5.74) is 5.07. The van der Waals surface area contributed by atoms with Crippen LogP contribution in [0.5, 0.6) is 0 Å². The molecule has 4 aliphatic rings. The van der Waals surface area contributed by atoms with Gasteiger partial charge in [-0.2, -0.15) is 13.2 Å². The van der Waals surface area contributed by atoms with Crippen molar-refractivity contribution in [3.63, 3.8) is 0 Å². The van der Waals surface area contributed by atoms with Gasteiger partial charge in [0.1, 0.15) is 30.3 Å². The highest BCUT2D eigenvalue weighted by Crippen LogP contribution is 2.43. The largest absolute Gasteiger partial charge is 0.464 e. The predicted molar refractivity (Wildman–Crippen MR) is 275 cm³/mol. The number of aromatic nitrogens is 2. The monoisotopic (exact) mass is 1050 g/mol. The molecule has 2 aromatic heterocycles. The SMILES string of the molecule is CO[C@@H](C)c1ncccc1-c1c2c3cc(ccc3n1CC(F)(F)F)[C@@H]1CCCN(C1)C[C@H](NC(=O)[C@H](C(C)C)N(C)C(=O)N1CC[C@@H](OCCNC(=O)OC(C)(C)C)C1)C(=O)N1CCC[C@H](N1)C(=O)OCC(C)(C)C2. The first-order valence-electron chi connectivity index (χ1n) is 26.4. The lowest BCUT2D eigenvalue weighted by molar-refractivity contribution is -0.155. The molecule has 7 atom stereocenters. The van der Waals surface area contributed by atoms with Crippen molar-refractivity contribution in [1.82, 2.24) is 45.3 Å². The molecule has 18 nitrogen and oxygen atoms in total. The molecule has 4 aliphatic heterocycles. The number of amides is 5. The van der Waals surface area contributed by atoms with Crippen LogP contribution in [0.1, 0.15) is 116 Å². The Morgan fingerprint density at radius 2 is 1.75 bits per heavy atom. The first-order valence-corrected chi connectivity index (χ1v) is 26.4. The van der Waals surface area contributed by atoms with Gasteiger partial charge in [-0.05, 0) is 120 Å². The number of likely N-dealkylation sites (N-methyl/N-ethyl adjacent to an activating group) is 1. The lowest BCUT2D eigenvalue weighted by Crippen LogP contribution is -2.64. The molecule has 1 unspecified atom stereocenters. The number of urea groups is 1. The van der Waals surface area contributed by atoms with Gasteiger partial charge in [0.25, 0.3) is 5.91 Å². The van der Waals surface area contributed by atoms with E-state index in [0.717, 1.165) is 18.4 Å². The van der Waals surface area contributed by atoms with Crippen molar-refractivity contribution in [1.29, 1.82) is 0 Å². The number of carbonyl (C=O) groups is 5. The van der Waals surface area contributed by atoms with E-state index in [4.69, 9.17) is 18.9 Å². The lowest BCUT2D eigenvalue weighted by Gasteiger charge is -2.39. The maximum atomic E-state index is 14.8. The van der Waals surface area contributed by atoms with Gasteiger partial charge < -0.3 is 48.8 Å². The van der Waals surface area contributed by atoms with Crippen LogP contribution in [-0.2, 0) is 46.3 Å². The Hall–Kier alpha value is -5.51. The Morgan fingerprint density at radius 3 is 2.45 bits per heavy atom. The number of likely N-dealkylation sites (tertiary alicyclic amines) is 1. The number of ether oxygens (including phenoxy) is 4. The minimum atomic E-state index is -4.57. The van der Waals surface area contributed by atoms with Gasteiger partial charge in [-0.1, -0.05) is 33.8 Å². The number of carbonyl (C=O) groups excluding carboxylic acids is 5. The number of esters is 1. The quantitative estimate of drug-likeness (QED) is 0.125. The van der Waals surface area contributed by atoms with E-state index in [1.54, 1.807) is 64.0 Å². The highest BCUT2D eigenvalue weighted by molar-refractivity contribution is 5.94. The maximum absolute atomic E-state index is 14.8.